The number of carbonyl (C=O) groups is 3. The third kappa shape index (κ3) is 13.7. The fourth-order valence-electron chi connectivity index (χ4n) is 8.08. The quantitative estimate of drug-likeness (QED) is 0.163. The van der Waals surface area contributed by atoms with E-state index in [-0.39, 0.29) is 31.6 Å². The van der Waals surface area contributed by atoms with Gasteiger partial charge in [0.05, 0.1) is 26.4 Å². The summed E-state index contributed by atoms with van der Waals surface area (Å²) >= 11 is 0. The monoisotopic (exact) mass is 898 g/mol. The molecule has 0 spiro atoms. The zero-order valence-electron chi connectivity index (χ0n) is 38.8. The topological polar surface area (TPSA) is 182 Å². The Morgan fingerprint density at radius 3 is 1.66 bits per heavy atom. The molecule has 16 nitrogen and oxygen atoms in total. The van der Waals surface area contributed by atoms with Crippen LogP contribution in [-0.4, -0.2) is 119 Å². The molecule has 64 heavy (non-hydrogen) atoms. The van der Waals surface area contributed by atoms with E-state index in [1.54, 1.807) is 72.3 Å². The van der Waals surface area contributed by atoms with Gasteiger partial charge in [-0.05, 0) is 109 Å². The van der Waals surface area contributed by atoms with Crippen molar-refractivity contribution in [2.24, 2.45) is 0 Å². The van der Waals surface area contributed by atoms with Crippen molar-refractivity contribution < 1.29 is 76.3 Å². The van der Waals surface area contributed by atoms with E-state index in [0.717, 1.165) is 11.1 Å². The first kappa shape index (κ1) is 50.4. The van der Waals surface area contributed by atoms with Crippen LogP contribution in [0.1, 0.15) is 112 Å². The Labute approximate surface area is 376 Å². The lowest BCUT2D eigenvalue weighted by Crippen LogP contribution is -2.34. The number of esters is 2. The van der Waals surface area contributed by atoms with Crippen molar-refractivity contribution in [1.29, 1.82) is 0 Å². The van der Waals surface area contributed by atoms with Crippen molar-refractivity contribution in [2.75, 3.05) is 42.0 Å². The molecule has 0 aromatic heterocycles. The molecule has 0 amide bonds. The van der Waals surface area contributed by atoms with E-state index in [0.29, 0.717) is 85.5 Å². The smallest absolute Gasteiger partial charge is 0.342 e. The van der Waals surface area contributed by atoms with Gasteiger partial charge >= 0.3 is 11.9 Å². The molecule has 4 aliphatic rings. The van der Waals surface area contributed by atoms with Crippen LogP contribution in [0.2, 0.25) is 0 Å². The summed E-state index contributed by atoms with van der Waals surface area (Å²) in [6.07, 6.45) is 7.81. The van der Waals surface area contributed by atoms with Crippen molar-refractivity contribution in [3.8, 4) is 23.0 Å². The molecular formula is C48H66O16. The van der Waals surface area contributed by atoms with E-state index < -0.39 is 54.0 Å². The van der Waals surface area contributed by atoms with E-state index in [1.165, 1.54) is 20.3 Å². The third-order valence-corrected chi connectivity index (χ3v) is 10.9. The van der Waals surface area contributed by atoms with E-state index in [2.05, 4.69) is 0 Å². The first-order chi connectivity index (χ1) is 30.5. The molecule has 0 saturated carbocycles. The molecular weight excluding hydrogens is 833 g/mol. The molecule has 2 aromatic rings. The van der Waals surface area contributed by atoms with Gasteiger partial charge < -0.3 is 61.9 Å². The number of aliphatic hydroxyl groups excluding tert-OH is 1. The average molecular weight is 899 g/mol. The summed E-state index contributed by atoms with van der Waals surface area (Å²) in [5.74, 6) is -0.859. The Bertz CT molecular complexity index is 1960. The minimum Gasteiger partial charge on any atom is -0.497 e. The summed E-state index contributed by atoms with van der Waals surface area (Å²) in [5, 5.41) is 10.7. The van der Waals surface area contributed by atoms with Gasteiger partial charge in [0.15, 0.2) is 30.9 Å². The summed E-state index contributed by atoms with van der Waals surface area (Å²) in [6, 6.07) is 6.95. The average Bonchev–Trinajstić information content (AvgIpc) is 3.73. The molecule has 1 N–H and O–H groups in total. The fourth-order valence-corrected chi connectivity index (χ4v) is 8.08. The number of methoxy groups -OCH3 is 4. The molecule has 4 aliphatic heterocycles. The Morgan fingerprint density at radius 2 is 1.14 bits per heavy atom. The van der Waals surface area contributed by atoms with E-state index >= 15 is 0 Å². The second-order valence-corrected chi connectivity index (χ2v) is 17.1. The lowest BCUT2D eigenvalue weighted by atomic mass is 9.96. The second-order valence-electron chi connectivity index (χ2n) is 17.1. The number of fused-ring (bicyclic) bond motifs is 4. The lowest BCUT2D eigenvalue weighted by Gasteiger charge is -2.22. The maximum atomic E-state index is 13.1. The number of hydrogen-bond acceptors (Lipinski definition) is 16. The van der Waals surface area contributed by atoms with Gasteiger partial charge in [0, 0.05) is 39.2 Å². The zero-order chi connectivity index (χ0) is 46.6. The predicted octanol–water partition coefficient (Wildman–Crippen LogP) is 6.98. The lowest BCUT2D eigenvalue weighted by molar-refractivity contribution is -0.153. The Balaban J connectivity index is 0.000000241. The highest BCUT2D eigenvalue weighted by molar-refractivity contribution is 5.96. The highest BCUT2D eigenvalue weighted by Crippen LogP contribution is 2.37. The number of benzene rings is 2. The van der Waals surface area contributed by atoms with Gasteiger partial charge in [-0.2, -0.15) is 0 Å². The van der Waals surface area contributed by atoms with Crippen molar-refractivity contribution in [3.05, 3.63) is 70.8 Å². The molecule has 5 unspecified atom stereocenters. The zero-order valence-corrected chi connectivity index (χ0v) is 38.8. The maximum Gasteiger partial charge on any atom is 0.342 e. The van der Waals surface area contributed by atoms with E-state index in [4.69, 9.17) is 56.8 Å². The number of ether oxygens (including phenoxy) is 12. The number of cyclic esters (lactones) is 2. The maximum absolute atomic E-state index is 13.1. The third-order valence-electron chi connectivity index (χ3n) is 10.9. The molecule has 0 bridgehead atoms. The Hall–Kier alpha value is -4.55. The van der Waals surface area contributed by atoms with Crippen LogP contribution < -0.4 is 18.9 Å². The van der Waals surface area contributed by atoms with Crippen molar-refractivity contribution in [2.45, 2.75) is 147 Å². The molecule has 0 radical (unpaired) electrons. The number of hydrogen-bond donors (Lipinski definition) is 1. The molecule has 2 aromatic carbocycles. The second kappa shape index (κ2) is 23.1. The Kier molecular flexibility index (Phi) is 18.2. The summed E-state index contributed by atoms with van der Waals surface area (Å²) in [4.78, 5) is 38.9. The number of carbonyl (C=O) groups excluding carboxylic acids is 3. The molecule has 6 rings (SSSR count). The summed E-state index contributed by atoms with van der Waals surface area (Å²) in [5.41, 5.74) is 2.22. The standard InChI is InChI=1S/C24H34O8.C24H32O8/c2*1-15-8-6-10-18(25)22-19(31-24(2,3)32-22)11-7-9-16-12-17(28-5)13-20(29-14-27-4)21(16)23(26)30-15/h6,10,12-13,15,18-19,22,25H,7-9,11,14H2,1-5H3;6,10,12-13,15,19,22H,7-9,11,14H2,1-5H3/b2*10-6-/t15?,18?,19-,22?;15?,19-,22?/m00/s1. The number of aryl methyl sites for hydroxylation is 2. The van der Waals surface area contributed by atoms with Crippen molar-refractivity contribution in [1.82, 2.24) is 0 Å². The van der Waals surface area contributed by atoms with Crippen LogP contribution in [0.5, 0.6) is 23.0 Å². The summed E-state index contributed by atoms with van der Waals surface area (Å²) in [6.45, 7) is 10.9. The van der Waals surface area contributed by atoms with Gasteiger partial charge in [-0.3, -0.25) is 4.79 Å². The molecule has 354 valence electrons. The van der Waals surface area contributed by atoms with Gasteiger partial charge in [0.2, 0.25) is 0 Å². The van der Waals surface area contributed by atoms with Crippen LogP contribution in [-0.2, 0) is 55.5 Å². The number of rotatable bonds is 8. The minimum atomic E-state index is -0.832. The Morgan fingerprint density at radius 1 is 0.656 bits per heavy atom. The highest BCUT2D eigenvalue weighted by atomic mass is 16.8. The van der Waals surface area contributed by atoms with Crippen LogP contribution in [0.15, 0.2) is 48.6 Å². The molecule has 2 saturated heterocycles. The summed E-state index contributed by atoms with van der Waals surface area (Å²) in [7, 11) is 6.14. The highest BCUT2D eigenvalue weighted by Gasteiger charge is 2.45. The van der Waals surface area contributed by atoms with Crippen LogP contribution in [0.25, 0.3) is 0 Å². The minimum absolute atomic E-state index is 0.00686. The predicted molar refractivity (Wildman–Crippen MR) is 233 cm³/mol. The van der Waals surface area contributed by atoms with Crippen LogP contribution >= 0.6 is 0 Å². The molecule has 0 aliphatic carbocycles. The molecule has 2 fully saturated rings. The largest absolute Gasteiger partial charge is 0.497 e. The fraction of sp³-hybridized carbons (Fsp3) is 0.604. The first-order valence-electron chi connectivity index (χ1n) is 21.8. The van der Waals surface area contributed by atoms with E-state index in [9.17, 15) is 19.5 Å². The molecule has 7 atom stereocenters. The SMILES string of the molecule is COCOc1cc(OC)cc2c1C(=O)OC(C)C/C=C\C(=O)C1OC(C)(C)O[C@H]1CCC2.COCOc1cc(OC)cc2c1C(=O)OC(C)C/C=C\C(O)C1OC(C)(C)O[C@H]1CCC2. The number of aliphatic hydroxyl groups is 1. The van der Waals surface area contributed by atoms with Crippen LogP contribution in [0.4, 0.5) is 0 Å². The van der Waals surface area contributed by atoms with Gasteiger partial charge in [0.25, 0.3) is 0 Å². The van der Waals surface area contributed by atoms with Gasteiger partial charge in [-0.25, -0.2) is 9.59 Å². The van der Waals surface area contributed by atoms with Crippen molar-refractivity contribution in [3.63, 3.8) is 0 Å². The normalized spacial score (nSPS) is 28.1. The van der Waals surface area contributed by atoms with Crippen LogP contribution in [0.3, 0.4) is 0 Å². The van der Waals surface area contributed by atoms with Gasteiger partial charge in [-0.1, -0.05) is 18.2 Å². The van der Waals surface area contributed by atoms with Crippen molar-refractivity contribution >= 4 is 17.7 Å². The van der Waals surface area contributed by atoms with Crippen LogP contribution in [0, 0.1) is 0 Å². The van der Waals surface area contributed by atoms with Gasteiger partial charge in [-0.15, -0.1) is 0 Å². The number of ketones is 1. The molecule has 16 heteroatoms. The van der Waals surface area contributed by atoms with E-state index in [1.807, 2.05) is 26.0 Å². The summed E-state index contributed by atoms with van der Waals surface area (Å²) < 4.78 is 67.5. The van der Waals surface area contributed by atoms with Gasteiger partial charge in [0.1, 0.15) is 64.6 Å². The first-order valence-corrected chi connectivity index (χ1v) is 21.8. The molecule has 4 heterocycles.